The van der Waals surface area contributed by atoms with Crippen LogP contribution in [0.25, 0.3) is 44.6 Å². The van der Waals surface area contributed by atoms with Gasteiger partial charge in [-0.2, -0.15) is 0 Å². The predicted molar refractivity (Wildman–Crippen MR) is 224 cm³/mol. The summed E-state index contributed by atoms with van der Waals surface area (Å²) in [5.74, 6) is 3.24. The summed E-state index contributed by atoms with van der Waals surface area (Å²) < 4.78 is 26.0. The summed E-state index contributed by atoms with van der Waals surface area (Å²) in [4.78, 5) is 0. The van der Waals surface area contributed by atoms with E-state index in [1.54, 1.807) is 0 Å². The number of hydrogen-bond acceptors (Lipinski definition) is 5. The maximum atomic E-state index is 12.0. The third-order valence-corrected chi connectivity index (χ3v) is 10.8. The Balaban J connectivity index is 1.12. The number of aryl methyl sites for hydroxylation is 4. The zero-order valence-corrected chi connectivity index (χ0v) is 34.6. The molecule has 1 N–H and O–H groups in total. The molecule has 0 atom stereocenters. The van der Waals surface area contributed by atoms with Crippen LogP contribution in [-0.2, 0) is 12.8 Å². The van der Waals surface area contributed by atoms with Crippen molar-refractivity contribution >= 4 is 21.9 Å². The van der Waals surface area contributed by atoms with Crippen LogP contribution in [0.15, 0.2) is 93.8 Å². The largest absolute Gasteiger partial charge is 0.488 e. The molecule has 0 aliphatic heterocycles. The Morgan fingerprint density at radius 2 is 0.926 bits per heavy atom. The standard InChI is InChI=1S/C49H60O5/c1-13-33-23-31(3)15-21-39(33)43-25-35-17-19-37(27-41(35)51-43)53-48(9,10)29-46(5,6)45(50)47(7,8)30-49(11,12)54-38-20-18-36-26-44(52-42(36)28-38)40-22-16-32(4)24-34(40)14-2/h15-28,45,50H,13-14,29-30H2,1-12H3. The Labute approximate surface area is 322 Å². The van der Waals surface area contributed by atoms with E-state index in [2.05, 4.69) is 144 Å². The molecular weight excluding hydrogens is 669 g/mol. The molecule has 0 unspecified atom stereocenters. The normalized spacial score (nSPS) is 13.0. The van der Waals surface area contributed by atoms with Gasteiger partial charge in [-0.15, -0.1) is 0 Å². The summed E-state index contributed by atoms with van der Waals surface area (Å²) in [7, 11) is 0. The second-order valence-electron chi connectivity index (χ2n) is 18.1. The minimum atomic E-state index is -0.634. The summed E-state index contributed by atoms with van der Waals surface area (Å²) in [6, 6.07) is 29.4. The second-order valence-corrected chi connectivity index (χ2v) is 18.1. The molecule has 0 aliphatic rings. The first-order valence-corrected chi connectivity index (χ1v) is 19.6. The van der Waals surface area contributed by atoms with Crippen LogP contribution >= 0.6 is 0 Å². The minimum absolute atomic E-state index is 0.468. The average Bonchev–Trinajstić information content (AvgIpc) is 3.70. The molecule has 5 heteroatoms. The van der Waals surface area contributed by atoms with Gasteiger partial charge in [-0.05, 0) is 126 Å². The molecule has 6 aromatic rings. The first-order valence-electron chi connectivity index (χ1n) is 19.6. The third kappa shape index (κ3) is 8.57. The lowest BCUT2D eigenvalue weighted by molar-refractivity contribution is -0.0937. The monoisotopic (exact) mass is 728 g/mol. The van der Waals surface area contributed by atoms with Gasteiger partial charge in [-0.1, -0.05) is 89.1 Å². The van der Waals surface area contributed by atoms with Crippen molar-refractivity contribution in [1.29, 1.82) is 0 Å². The third-order valence-electron chi connectivity index (χ3n) is 10.8. The maximum Gasteiger partial charge on any atom is 0.138 e. The van der Waals surface area contributed by atoms with Gasteiger partial charge in [0.2, 0.25) is 0 Å². The van der Waals surface area contributed by atoms with Crippen LogP contribution in [0.1, 0.15) is 104 Å². The van der Waals surface area contributed by atoms with Crippen molar-refractivity contribution in [3.8, 4) is 34.1 Å². The minimum Gasteiger partial charge on any atom is -0.488 e. The number of rotatable bonds is 14. The molecule has 286 valence electrons. The highest BCUT2D eigenvalue weighted by molar-refractivity contribution is 5.85. The van der Waals surface area contributed by atoms with E-state index in [1.807, 2.05) is 24.3 Å². The lowest BCUT2D eigenvalue weighted by Crippen LogP contribution is -2.49. The fourth-order valence-electron chi connectivity index (χ4n) is 9.08. The molecule has 5 nitrogen and oxygen atoms in total. The highest BCUT2D eigenvalue weighted by Gasteiger charge is 2.45. The van der Waals surface area contributed by atoms with Gasteiger partial charge in [0.15, 0.2) is 0 Å². The molecule has 4 aromatic carbocycles. The van der Waals surface area contributed by atoms with Gasteiger partial charge in [0, 0.05) is 34.0 Å². The fraction of sp³-hybridized carbons (Fsp3) is 0.429. The molecule has 2 heterocycles. The molecule has 6 rings (SSSR count). The van der Waals surface area contributed by atoms with Crippen molar-refractivity contribution in [3.05, 3.63) is 107 Å². The first-order chi connectivity index (χ1) is 25.3. The van der Waals surface area contributed by atoms with Crippen molar-refractivity contribution in [2.24, 2.45) is 10.8 Å². The molecule has 0 spiro atoms. The number of hydrogen-bond donors (Lipinski definition) is 1. The molecule has 0 aliphatic carbocycles. The van der Waals surface area contributed by atoms with Crippen LogP contribution in [0, 0.1) is 24.7 Å². The van der Waals surface area contributed by atoms with E-state index in [0.717, 1.165) is 68.9 Å². The maximum absolute atomic E-state index is 12.0. The lowest BCUT2D eigenvalue weighted by atomic mass is 9.65. The molecule has 54 heavy (non-hydrogen) atoms. The van der Waals surface area contributed by atoms with Crippen molar-refractivity contribution in [2.75, 3.05) is 0 Å². The van der Waals surface area contributed by atoms with E-state index in [9.17, 15) is 5.11 Å². The summed E-state index contributed by atoms with van der Waals surface area (Å²) in [6.45, 7) is 25.5. The molecule has 0 amide bonds. The van der Waals surface area contributed by atoms with Gasteiger partial charge in [-0.25, -0.2) is 0 Å². The Hall–Kier alpha value is -4.48. The van der Waals surface area contributed by atoms with Gasteiger partial charge >= 0.3 is 0 Å². The van der Waals surface area contributed by atoms with Crippen LogP contribution in [0.2, 0.25) is 0 Å². The Kier molecular flexibility index (Phi) is 10.6. The zero-order valence-electron chi connectivity index (χ0n) is 34.6. The van der Waals surface area contributed by atoms with E-state index in [4.69, 9.17) is 18.3 Å². The Morgan fingerprint density at radius 1 is 0.537 bits per heavy atom. The van der Waals surface area contributed by atoms with Gasteiger partial charge in [-0.3, -0.25) is 0 Å². The molecular formula is C49H60O5. The molecule has 0 bridgehead atoms. The van der Waals surface area contributed by atoms with Crippen LogP contribution < -0.4 is 9.47 Å². The van der Waals surface area contributed by atoms with Gasteiger partial charge in [0.1, 0.15) is 45.4 Å². The predicted octanol–water partition coefficient (Wildman–Crippen LogP) is 13.5. The van der Waals surface area contributed by atoms with Crippen LogP contribution in [-0.4, -0.2) is 22.4 Å². The molecule has 0 saturated carbocycles. The summed E-state index contributed by atoms with van der Waals surface area (Å²) in [6.07, 6.45) is 2.52. The number of furan rings is 2. The van der Waals surface area contributed by atoms with E-state index < -0.39 is 28.1 Å². The second kappa shape index (κ2) is 14.6. The van der Waals surface area contributed by atoms with Crippen LogP contribution in [0.4, 0.5) is 0 Å². The van der Waals surface area contributed by atoms with E-state index in [0.29, 0.717) is 12.8 Å². The number of benzene rings is 4. The van der Waals surface area contributed by atoms with Crippen LogP contribution in [0.3, 0.4) is 0 Å². The summed E-state index contributed by atoms with van der Waals surface area (Å²) in [5.41, 5.74) is 6.85. The quantitative estimate of drug-likeness (QED) is 0.121. The number of fused-ring (bicyclic) bond motifs is 2. The summed E-state index contributed by atoms with van der Waals surface area (Å²) >= 11 is 0. The van der Waals surface area contributed by atoms with Crippen molar-refractivity contribution in [3.63, 3.8) is 0 Å². The zero-order chi connectivity index (χ0) is 39.2. The number of ether oxygens (including phenoxy) is 2. The van der Waals surface area contributed by atoms with Crippen molar-refractivity contribution in [1.82, 2.24) is 0 Å². The van der Waals surface area contributed by atoms with Crippen LogP contribution in [0.5, 0.6) is 11.5 Å². The van der Waals surface area contributed by atoms with Gasteiger partial charge < -0.3 is 23.4 Å². The van der Waals surface area contributed by atoms with Crippen molar-refractivity contribution in [2.45, 2.75) is 126 Å². The van der Waals surface area contributed by atoms with E-state index in [1.165, 1.54) is 22.3 Å². The molecule has 2 aromatic heterocycles. The van der Waals surface area contributed by atoms with Crippen molar-refractivity contribution < 1.29 is 23.4 Å². The number of aliphatic hydroxyl groups excluding tert-OH is 1. The molecule has 0 saturated heterocycles. The van der Waals surface area contributed by atoms with Gasteiger partial charge in [0.05, 0.1) is 6.10 Å². The Bertz CT molecular complexity index is 2100. The smallest absolute Gasteiger partial charge is 0.138 e. The Morgan fingerprint density at radius 3 is 1.30 bits per heavy atom. The van der Waals surface area contributed by atoms with E-state index >= 15 is 0 Å². The SMILES string of the molecule is CCc1cc(C)ccc1-c1cc2ccc(OC(C)(C)CC(C)(C)C(O)C(C)(C)CC(C)(C)Oc3ccc4cc(-c5ccc(C)cc5CC)oc4c3)cc2o1. The van der Waals surface area contributed by atoms with E-state index in [-0.39, 0.29) is 0 Å². The highest BCUT2D eigenvalue weighted by atomic mass is 16.5. The lowest BCUT2D eigenvalue weighted by Gasteiger charge is -2.46. The van der Waals surface area contributed by atoms with Gasteiger partial charge in [0.25, 0.3) is 0 Å². The summed E-state index contributed by atoms with van der Waals surface area (Å²) in [5, 5.41) is 14.1. The molecule has 0 fully saturated rings. The average molecular weight is 729 g/mol. The fourth-order valence-corrected chi connectivity index (χ4v) is 9.08. The highest BCUT2D eigenvalue weighted by Crippen LogP contribution is 2.45. The molecule has 0 radical (unpaired) electrons. The topological polar surface area (TPSA) is 65.0 Å². The number of aliphatic hydroxyl groups is 1. The first kappa shape index (κ1) is 39.2.